The molecular weight excluding hydrogens is 292 g/mol. The quantitative estimate of drug-likeness (QED) is 0.944. The van der Waals surface area contributed by atoms with Crippen molar-refractivity contribution >= 4 is 0 Å². The monoisotopic (exact) mass is 312 g/mol. The molecule has 2 aromatic rings. The van der Waals surface area contributed by atoms with E-state index in [2.05, 4.69) is 0 Å². The zero-order valence-corrected chi connectivity index (χ0v) is 12.9. The summed E-state index contributed by atoms with van der Waals surface area (Å²) in [6.07, 6.45) is 3.28. The number of rotatable bonds is 3. The van der Waals surface area contributed by atoms with Crippen LogP contribution in [0.1, 0.15) is 30.4 Å². The lowest BCUT2D eigenvalue weighted by Crippen LogP contribution is -2.39. The lowest BCUT2D eigenvalue weighted by Gasteiger charge is -2.37. The van der Waals surface area contributed by atoms with Crippen LogP contribution in [0.5, 0.6) is 11.5 Å². The van der Waals surface area contributed by atoms with Gasteiger partial charge >= 0.3 is 0 Å². The Hall–Kier alpha value is -2.04. The van der Waals surface area contributed by atoms with E-state index in [4.69, 9.17) is 14.2 Å². The first-order valence-corrected chi connectivity index (χ1v) is 8.07. The van der Waals surface area contributed by atoms with E-state index in [-0.39, 0.29) is 12.9 Å². The Labute approximate surface area is 135 Å². The highest BCUT2D eigenvalue weighted by Crippen LogP contribution is 2.37. The highest BCUT2D eigenvalue weighted by Gasteiger charge is 2.36. The molecule has 4 rings (SSSR count). The van der Waals surface area contributed by atoms with Crippen molar-refractivity contribution in [2.24, 2.45) is 0 Å². The second-order valence-corrected chi connectivity index (χ2v) is 6.17. The fourth-order valence-corrected chi connectivity index (χ4v) is 3.35. The maximum atomic E-state index is 10.9. The summed E-state index contributed by atoms with van der Waals surface area (Å²) in [4.78, 5) is 0. The molecule has 1 N–H and O–H groups in total. The SMILES string of the molecule is OC1(c2ccccc2)CCCC(Cc2ccc3c(c2)OCO3)O1. The summed E-state index contributed by atoms with van der Waals surface area (Å²) in [6, 6.07) is 15.6. The Morgan fingerprint density at radius 2 is 1.87 bits per heavy atom. The third-order valence-electron chi connectivity index (χ3n) is 4.53. The fraction of sp³-hybridized carbons (Fsp3) is 0.368. The first kappa shape index (κ1) is 14.5. The highest BCUT2D eigenvalue weighted by molar-refractivity contribution is 5.44. The van der Waals surface area contributed by atoms with Crippen LogP contribution in [0.2, 0.25) is 0 Å². The predicted molar refractivity (Wildman–Crippen MR) is 85.3 cm³/mol. The number of ether oxygens (including phenoxy) is 3. The third-order valence-corrected chi connectivity index (χ3v) is 4.53. The van der Waals surface area contributed by atoms with E-state index in [9.17, 15) is 5.11 Å². The van der Waals surface area contributed by atoms with Gasteiger partial charge in [0.2, 0.25) is 6.79 Å². The molecule has 0 spiro atoms. The molecule has 0 saturated carbocycles. The van der Waals surface area contributed by atoms with Gasteiger partial charge in [-0.3, -0.25) is 0 Å². The molecule has 2 heterocycles. The van der Waals surface area contributed by atoms with E-state index >= 15 is 0 Å². The van der Waals surface area contributed by atoms with Crippen LogP contribution in [0.25, 0.3) is 0 Å². The summed E-state index contributed by atoms with van der Waals surface area (Å²) in [5.74, 6) is 0.399. The van der Waals surface area contributed by atoms with Gasteiger partial charge in [-0.25, -0.2) is 0 Å². The topological polar surface area (TPSA) is 47.9 Å². The van der Waals surface area contributed by atoms with Gasteiger partial charge in [0.15, 0.2) is 17.3 Å². The summed E-state index contributed by atoms with van der Waals surface area (Å²) in [5.41, 5.74) is 1.96. The maximum Gasteiger partial charge on any atom is 0.231 e. The van der Waals surface area contributed by atoms with Crippen molar-refractivity contribution in [1.82, 2.24) is 0 Å². The molecule has 1 saturated heterocycles. The molecule has 120 valence electrons. The summed E-state index contributed by atoms with van der Waals surface area (Å²) >= 11 is 0. The number of hydrogen-bond donors (Lipinski definition) is 1. The van der Waals surface area contributed by atoms with Gasteiger partial charge in [0, 0.05) is 12.0 Å². The first-order valence-electron chi connectivity index (χ1n) is 8.07. The van der Waals surface area contributed by atoms with Crippen LogP contribution in [0.3, 0.4) is 0 Å². The molecule has 23 heavy (non-hydrogen) atoms. The van der Waals surface area contributed by atoms with Gasteiger partial charge in [-0.05, 0) is 37.0 Å². The Morgan fingerprint density at radius 3 is 2.74 bits per heavy atom. The second kappa shape index (κ2) is 5.87. The van der Waals surface area contributed by atoms with E-state index in [1.165, 1.54) is 0 Å². The van der Waals surface area contributed by atoms with E-state index in [1.54, 1.807) is 0 Å². The third kappa shape index (κ3) is 2.92. The van der Waals surface area contributed by atoms with Crippen molar-refractivity contribution in [2.75, 3.05) is 6.79 Å². The zero-order chi connectivity index (χ0) is 15.7. The zero-order valence-electron chi connectivity index (χ0n) is 12.9. The van der Waals surface area contributed by atoms with E-state index < -0.39 is 5.79 Å². The molecule has 2 unspecified atom stereocenters. The van der Waals surface area contributed by atoms with Crippen molar-refractivity contribution in [3.05, 3.63) is 59.7 Å². The number of benzene rings is 2. The predicted octanol–water partition coefficient (Wildman–Crippen LogP) is 3.37. The molecule has 0 aromatic heterocycles. The maximum absolute atomic E-state index is 10.9. The van der Waals surface area contributed by atoms with E-state index in [0.29, 0.717) is 6.42 Å². The minimum atomic E-state index is -1.18. The molecule has 2 aromatic carbocycles. The first-order chi connectivity index (χ1) is 11.2. The normalized spacial score (nSPS) is 26.2. The largest absolute Gasteiger partial charge is 0.454 e. The second-order valence-electron chi connectivity index (χ2n) is 6.17. The molecule has 0 bridgehead atoms. The van der Waals surface area contributed by atoms with Crippen LogP contribution in [0.4, 0.5) is 0 Å². The summed E-state index contributed by atoms with van der Waals surface area (Å²) < 4.78 is 16.8. The van der Waals surface area contributed by atoms with Crippen molar-refractivity contribution in [1.29, 1.82) is 0 Å². The van der Waals surface area contributed by atoms with Crippen LogP contribution >= 0.6 is 0 Å². The minimum Gasteiger partial charge on any atom is -0.454 e. The molecule has 2 aliphatic rings. The van der Waals surface area contributed by atoms with E-state index in [1.807, 2.05) is 48.5 Å². The summed E-state index contributed by atoms with van der Waals surface area (Å²) in [6.45, 7) is 0.284. The Bertz CT molecular complexity index is 685. The van der Waals surface area contributed by atoms with E-state index in [0.717, 1.165) is 41.9 Å². The van der Waals surface area contributed by atoms with Gasteiger partial charge in [0.05, 0.1) is 6.10 Å². The molecule has 2 aliphatic heterocycles. The van der Waals surface area contributed by atoms with Crippen LogP contribution in [0, 0.1) is 0 Å². The van der Waals surface area contributed by atoms with Gasteiger partial charge in [-0.2, -0.15) is 0 Å². The van der Waals surface area contributed by atoms with Gasteiger partial charge in [0.1, 0.15) is 0 Å². The number of hydrogen-bond acceptors (Lipinski definition) is 4. The van der Waals surface area contributed by atoms with Crippen LogP contribution in [0.15, 0.2) is 48.5 Å². The smallest absolute Gasteiger partial charge is 0.231 e. The number of aliphatic hydroxyl groups is 1. The molecule has 2 atom stereocenters. The van der Waals surface area contributed by atoms with Crippen molar-refractivity contribution in [3.63, 3.8) is 0 Å². The van der Waals surface area contributed by atoms with Crippen LogP contribution in [-0.2, 0) is 16.9 Å². The minimum absolute atomic E-state index is 0.00525. The van der Waals surface area contributed by atoms with Gasteiger partial charge < -0.3 is 19.3 Å². The average molecular weight is 312 g/mol. The Morgan fingerprint density at radius 1 is 1.04 bits per heavy atom. The molecule has 0 amide bonds. The van der Waals surface area contributed by atoms with Crippen molar-refractivity contribution < 1.29 is 19.3 Å². The lowest BCUT2D eigenvalue weighted by molar-refractivity contribution is -0.262. The molecule has 0 radical (unpaired) electrons. The van der Waals surface area contributed by atoms with Crippen molar-refractivity contribution in [2.45, 2.75) is 37.6 Å². The average Bonchev–Trinajstić information content (AvgIpc) is 3.03. The standard InChI is InChI=1S/C19H20O4/c20-19(15-5-2-1-3-6-15)10-4-7-16(23-19)11-14-8-9-17-18(12-14)22-13-21-17/h1-3,5-6,8-9,12,16,20H,4,7,10-11,13H2. The molecular formula is C19H20O4. The summed E-state index contributed by atoms with van der Waals surface area (Å²) in [5, 5.41) is 10.9. The fourth-order valence-electron chi connectivity index (χ4n) is 3.35. The van der Waals surface area contributed by atoms with Gasteiger partial charge in [-0.15, -0.1) is 0 Å². The van der Waals surface area contributed by atoms with Crippen molar-refractivity contribution in [3.8, 4) is 11.5 Å². The molecule has 4 nitrogen and oxygen atoms in total. The number of fused-ring (bicyclic) bond motifs is 1. The van der Waals surface area contributed by atoms with Gasteiger partial charge in [-0.1, -0.05) is 36.4 Å². The summed E-state index contributed by atoms with van der Waals surface area (Å²) in [7, 11) is 0. The highest BCUT2D eigenvalue weighted by atomic mass is 16.7. The molecule has 4 heteroatoms. The Balaban J connectivity index is 1.49. The van der Waals surface area contributed by atoms with Gasteiger partial charge in [0.25, 0.3) is 0 Å². The molecule has 1 fully saturated rings. The van der Waals surface area contributed by atoms with Crippen LogP contribution < -0.4 is 9.47 Å². The van der Waals surface area contributed by atoms with Crippen LogP contribution in [-0.4, -0.2) is 18.0 Å². The lowest BCUT2D eigenvalue weighted by atomic mass is 9.92. The molecule has 0 aliphatic carbocycles. The Kier molecular flexibility index (Phi) is 3.71.